The highest BCUT2D eigenvalue weighted by Gasteiger charge is 2.13. The van der Waals surface area contributed by atoms with Crippen LogP contribution in [0.3, 0.4) is 0 Å². The maximum Gasteiger partial charge on any atom is 0.261 e. The molecule has 0 radical (unpaired) electrons. The molecule has 0 atom stereocenters. The molecule has 124 valence electrons. The summed E-state index contributed by atoms with van der Waals surface area (Å²) in [5, 5.41) is 8.37. The van der Waals surface area contributed by atoms with Crippen molar-refractivity contribution in [3.05, 3.63) is 70.4 Å². The minimum Gasteiger partial charge on any atom is -0.342 e. The number of hydrogen-bond acceptors (Lipinski definition) is 5. The highest BCUT2D eigenvalue weighted by Crippen LogP contribution is 2.25. The zero-order valence-electron chi connectivity index (χ0n) is 12.9. The standard InChI is InChI=1S/C18H12ClN3O2S/c19-13-6-3-5-12(8-13)17-21-16(24-22-17)10-20-18(23)15-9-11-4-1-2-7-14(11)25-15/h1-9H,10H2,(H,20,23). The minimum atomic E-state index is -0.163. The van der Waals surface area contributed by atoms with Crippen LogP contribution in [0.2, 0.25) is 5.02 Å². The van der Waals surface area contributed by atoms with E-state index in [0.717, 1.165) is 15.6 Å². The second kappa shape index (κ2) is 6.66. The average molecular weight is 370 g/mol. The number of halogens is 1. The number of carbonyl (C=O) groups excluding carboxylic acids is 1. The third kappa shape index (κ3) is 3.40. The largest absolute Gasteiger partial charge is 0.342 e. The monoisotopic (exact) mass is 369 g/mol. The van der Waals surface area contributed by atoms with Crippen LogP contribution in [-0.4, -0.2) is 16.0 Å². The van der Waals surface area contributed by atoms with Crippen molar-refractivity contribution in [3.8, 4) is 11.4 Å². The van der Waals surface area contributed by atoms with Gasteiger partial charge in [0.2, 0.25) is 11.7 Å². The first kappa shape index (κ1) is 15.8. The molecule has 0 aliphatic heterocycles. The van der Waals surface area contributed by atoms with E-state index in [1.807, 2.05) is 42.5 Å². The van der Waals surface area contributed by atoms with Gasteiger partial charge in [-0.15, -0.1) is 11.3 Å². The van der Waals surface area contributed by atoms with Crippen molar-refractivity contribution in [2.24, 2.45) is 0 Å². The van der Waals surface area contributed by atoms with Crippen LogP contribution < -0.4 is 5.32 Å². The summed E-state index contributed by atoms with van der Waals surface area (Å²) in [5.74, 6) is 0.613. The van der Waals surface area contributed by atoms with Gasteiger partial charge in [0.1, 0.15) is 0 Å². The van der Waals surface area contributed by atoms with Crippen LogP contribution in [0.4, 0.5) is 0 Å². The molecule has 1 N–H and O–H groups in total. The molecule has 5 nitrogen and oxygen atoms in total. The molecule has 0 bridgehead atoms. The van der Waals surface area contributed by atoms with Crippen molar-refractivity contribution < 1.29 is 9.32 Å². The summed E-state index contributed by atoms with van der Waals surface area (Å²) in [6.45, 7) is 0.167. The summed E-state index contributed by atoms with van der Waals surface area (Å²) in [6, 6.07) is 16.9. The van der Waals surface area contributed by atoms with Crippen LogP contribution in [-0.2, 0) is 6.54 Å². The van der Waals surface area contributed by atoms with Gasteiger partial charge in [-0.3, -0.25) is 4.79 Å². The van der Waals surface area contributed by atoms with Gasteiger partial charge in [0, 0.05) is 15.3 Å². The first-order valence-electron chi connectivity index (χ1n) is 7.54. The number of benzene rings is 2. The molecule has 0 spiro atoms. The Kier molecular flexibility index (Phi) is 4.21. The molecular formula is C18H12ClN3O2S. The first-order chi connectivity index (χ1) is 12.2. The topological polar surface area (TPSA) is 68.0 Å². The lowest BCUT2D eigenvalue weighted by Gasteiger charge is -1.98. The third-order valence-corrected chi connectivity index (χ3v) is 4.95. The number of nitrogens with zero attached hydrogens (tertiary/aromatic N) is 2. The fraction of sp³-hybridized carbons (Fsp3) is 0.0556. The number of rotatable bonds is 4. The molecule has 2 heterocycles. The SMILES string of the molecule is O=C(NCc1nc(-c2cccc(Cl)c2)no1)c1cc2ccccc2s1. The van der Waals surface area contributed by atoms with Crippen molar-refractivity contribution in [2.75, 3.05) is 0 Å². The van der Waals surface area contributed by atoms with Crippen LogP contribution in [0.25, 0.3) is 21.5 Å². The summed E-state index contributed by atoms with van der Waals surface area (Å²) in [4.78, 5) is 17.2. The maximum absolute atomic E-state index is 12.3. The molecule has 0 unspecified atom stereocenters. The lowest BCUT2D eigenvalue weighted by atomic mass is 10.2. The lowest BCUT2D eigenvalue weighted by Crippen LogP contribution is -2.21. The van der Waals surface area contributed by atoms with E-state index < -0.39 is 0 Å². The second-order valence-corrected chi connectivity index (χ2v) is 6.87. The Morgan fingerprint density at radius 2 is 2.04 bits per heavy atom. The maximum atomic E-state index is 12.3. The fourth-order valence-electron chi connectivity index (χ4n) is 2.41. The third-order valence-electron chi connectivity index (χ3n) is 3.60. The highest BCUT2D eigenvalue weighted by molar-refractivity contribution is 7.20. The number of nitrogens with one attached hydrogen (secondary N) is 1. The number of aromatic nitrogens is 2. The van der Waals surface area contributed by atoms with Crippen molar-refractivity contribution in [2.45, 2.75) is 6.54 Å². The molecule has 1 amide bonds. The van der Waals surface area contributed by atoms with E-state index in [1.54, 1.807) is 12.1 Å². The molecule has 0 fully saturated rings. The van der Waals surface area contributed by atoms with E-state index in [2.05, 4.69) is 15.5 Å². The van der Waals surface area contributed by atoms with Crippen molar-refractivity contribution in [1.29, 1.82) is 0 Å². The predicted molar refractivity (Wildman–Crippen MR) is 97.7 cm³/mol. The molecule has 0 saturated carbocycles. The number of hydrogen-bond donors (Lipinski definition) is 1. The Hall–Kier alpha value is -2.70. The van der Waals surface area contributed by atoms with Gasteiger partial charge >= 0.3 is 0 Å². The molecule has 7 heteroatoms. The first-order valence-corrected chi connectivity index (χ1v) is 8.74. The Morgan fingerprint density at radius 3 is 2.88 bits per heavy atom. The van der Waals surface area contributed by atoms with Crippen molar-refractivity contribution in [1.82, 2.24) is 15.5 Å². The summed E-state index contributed by atoms with van der Waals surface area (Å²) >= 11 is 7.41. The van der Waals surface area contributed by atoms with E-state index in [9.17, 15) is 4.79 Å². The van der Waals surface area contributed by atoms with Gasteiger partial charge in [0.25, 0.3) is 5.91 Å². The predicted octanol–water partition coefficient (Wildman–Crippen LogP) is 4.53. The Labute approximate surface area is 152 Å². The number of thiophene rings is 1. The van der Waals surface area contributed by atoms with E-state index in [1.165, 1.54) is 11.3 Å². The Morgan fingerprint density at radius 1 is 1.16 bits per heavy atom. The van der Waals surface area contributed by atoms with Gasteiger partial charge in [-0.1, -0.05) is 47.1 Å². The van der Waals surface area contributed by atoms with Crippen molar-refractivity contribution in [3.63, 3.8) is 0 Å². The second-order valence-electron chi connectivity index (χ2n) is 5.35. The van der Waals surface area contributed by atoms with Gasteiger partial charge in [-0.2, -0.15) is 4.98 Å². The summed E-state index contributed by atoms with van der Waals surface area (Å²) in [6.07, 6.45) is 0. The average Bonchev–Trinajstić information content (AvgIpc) is 3.26. The van der Waals surface area contributed by atoms with Crippen molar-refractivity contribution >= 4 is 38.9 Å². The smallest absolute Gasteiger partial charge is 0.261 e. The van der Waals surface area contributed by atoms with E-state index in [0.29, 0.717) is 21.6 Å². The quantitative estimate of drug-likeness (QED) is 0.573. The Balaban J connectivity index is 1.45. The van der Waals surface area contributed by atoms with Gasteiger partial charge < -0.3 is 9.84 Å². The summed E-state index contributed by atoms with van der Waals surface area (Å²) in [7, 11) is 0. The molecule has 0 aliphatic rings. The van der Waals surface area contributed by atoms with Gasteiger partial charge in [0.05, 0.1) is 11.4 Å². The molecule has 2 aromatic carbocycles. The van der Waals surface area contributed by atoms with Crippen LogP contribution in [0.5, 0.6) is 0 Å². The van der Waals surface area contributed by atoms with Crippen LogP contribution >= 0.6 is 22.9 Å². The van der Waals surface area contributed by atoms with E-state index >= 15 is 0 Å². The molecule has 25 heavy (non-hydrogen) atoms. The summed E-state index contributed by atoms with van der Waals surface area (Å²) in [5.41, 5.74) is 0.762. The zero-order valence-corrected chi connectivity index (χ0v) is 14.5. The van der Waals surface area contributed by atoms with Crippen LogP contribution in [0, 0.1) is 0 Å². The van der Waals surface area contributed by atoms with E-state index in [-0.39, 0.29) is 12.5 Å². The summed E-state index contributed by atoms with van der Waals surface area (Å²) < 4.78 is 6.27. The van der Waals surface area contributed by atoms with Gasteiger partial charge in [-0.25, -0.2) is 0 Å². The van der Waals surface area contributed by atoms with E-state index in [4.69, 9.17) is 16.1 Å². The molecular weight excluding hydrogens is 358 g/mol. The molecule has 0 saturated heterocycles. The van der Waals surface area contributed by atoms with Crippen LogP contribution in [0.15, 0.2) is 59.1 Å². The molecule has 0 aliphatic carbocycles. The van der Waals surface area contributed by atoms with Gasteiger partial charge in [-0.05, 0) is 29.7 Å². The lowest BCUT2D eigenvalue weighted by molar-refractivity contribution is 0.0950. The highest BCUT2D eigenvalue weighted by atomic mass is 35.5. The minimum absolute atomic E-state index is 0.163. The number of carbonyl (C=O) groups is 1. The normalized spacial score (nSPS) is 10.9. The van der Waals surface area contributed by atoms with Gasteiger partial charge in [0.15, 0.2) is 0 Å². The van der Waals surface area contributed by atoms with Crippen LogP contribution in [0.1, 0.15) is 15.6 Å². The molecule has 4 rings (SSSR count). The molecule has 4 aromatic rings. The molecule has 2 aromatic heterocycles. The fourth-order valence-corrected chi connectivity index (χ4v) is 3.58. The number of fused-ring (bicyclic) bond motifs is 1. The Bertz CT molecular complexity index is 1020. The number of amides is 1. The zero-order chi connectivity index (χ0) is 17.2.